The van der Waals surface area contributed by atoms with Crippen LogP contribution in [0.5, 0.6) is 0 Å². The van der Waals surface area contributed by atoms with E-state index in [1.165, 1.54) is 0 Å². The summed E-state index contributed by atoms with van der Waals surface area (Å²) in [6.45, 7) is 3.65. The highest BCUT2D eigenvalue weighted by atomic mass is 35.5. The van der Waals surface area contributed by atoms with Gasteiger partial charge in [-0.2, -0.15) is 0 Å². The van der Waals surface area contributed by atoms with E-state index in [2.05, 4.69) is 20.9 Å². The van der Waals surface area contributed by atoms with Crippen LogP contribution in [0.2, 0.25) is 5.02 Å². The standard InChI is InChI=1S/C17H21ClN4O2S/c18-11-2-1-10(12(7-11)13-9-24-6-5-19-13)8-22-14-3-4-20-15(14)16(23)21-17(22)25/h1-2,7,13-15,19-20H,3-6,8-9H2,(H,21,23,25)/t13-,14?,15?/m1/s1. The lowest BCUT2D eigenvalue weighted by molar-refractivity contribution is -0.123. The Morgan fingerprint density at radius 1 is 1.32 bits per heavy atom. The molecule has 3 saturated heterocycles. The Bertz CT molecular complexity index is 695. The number of morpholine rings is 1. The zero-order valence-electron chi connectivity index (χ0n) is 13.8. The van der Waals surface area contributed by atoms with Gasteiger partial charge in [0.15, 0.2) is 5.11 Å². The molecular formula is C17H21ClN4O2S. The van der Waals surface area contributed by atoms with E-state index in [1.54, 1.807) is 0 Å². The van der Waals surface area contributed by atoms with Gasteiger partial charge in [-0.25, -0.2) is 0 Å². The monoisotopic (exact) mass is 380 g/mol. The van der Waals surface area contributed by atoms with E-state index in [4.69, 9.17) is 28.6 Å². The molecule has 0 spiro atoms. The summed E-state index contributed by atoms with van der Waals surface area (Å²) in [6.07, 6.45) is 0.909. The molecule has 3 N–H and O–H groups in total. The number of nitrogens with zero attached hydrogens (tertiary/aromatic N) is 1. The molecule has 0 bridgehead atoms. The van der Waals surface area contributed by atoms with Crippen LogP contribution < -0.4 is 16.0 Å². The van der Waals surface area contributed by atoms with Gasteiger partial charge in [-0.1, -0.05) is 17.7 Å². The van der Waals surface area contributed by atoms with E-state index in [0.717, 1.165) is 37.2 Å². The van der Waals surface area contributed by atoms with Gasteiger partial charge in [-0.05, 0) is 48.4 Å². The first-order chi connectivity index (χ1) is 12.1. The maximum Gasteiger partial charge on any atom is 0.245 e. The molecule has 3 aliphatic rings. The van der Waals surface area contributed by atoms with Gasteiger partial charge in [0.05, 0.1) is 25.3 Å². The zero-order chi connectivity index (χ0) is 17.4. The van der Waals surface area contributed by atoms with Gasteiger partial charge in [0.25, 0.3) is 0 Å². The SMILES string of the molecule is O=C1NC(=S)N(Cc2ccc(Cl)cc2[C@H]2COCCN2)C2CCNC12. The quantitative estimate of drug-likeness (QED) is 0.678. The lowest BCUT2D eigenvalue weighted by Gasteiger charge is -2.39. The number of ether oxygens (including phenoxy) is 1. The summed E-state index contributed by atoms with van der Waals surface area (Å²) >= 11 is 11.7. The van der Waals surface area contributed by atoms with Crippen LogP contribution in [-0.2, 0) is 16.1 Å². The molecule has 1 aromatic rings. The maximum atomic E-state index is 12.1. The van der Waals surface area contributed by atoms with Crippen molar-refractivity contribution in [1.29, 1.82) is 0 Å². The van der Waals surface area contributed by atoms with Crippen LogP contribution in [0.1, 0.15) is 23.6 Å². The molecule has 6 nitrogen and oxygen atoms in total. The van der Waals surface area contributed by atoms with E-state index in [9.17, 15) is 4.79 Å². The predicted molar refractivity (Wildman–Crippen MR) is 99.5 cm³/mol. The number of rotatable bonds is 3. The molecule has 1 amide bonds. The highest BCUT2D eigenvalue weighted by molar-refractivity contribution is 7.80. The van der Waals surface area contributed by atoms with Gasteiger partial charge in [-0.3, -0.25) is 4.79 Å². The second-order valence-electron chi connectivity index (χ2n) is 6.63. The van der Waals surface area contributed by atoms with Crippen LogP contribution in [0.25, 0.3) is 0 Å². The molecule has 3 fully saturated rings. The van der Waals surface area contributed by atoms with E-state index >= 15 is 0 Å². The van der Waals surface area contributed by atoms with Crippen molar-refractivity contribution < 1.29 is 9.53 Å². The summed E-state index contributed by atoms with van der Waals surface area (Å²) in [6, 6.07) is 5.97. The summed E-state index contributed by atoms with van der Waals surface area (Å²) in [5, 5.41) is 10.8. The number of hydrogen-bond donors (Lipinski definition) is 3. The third-order valence-corrected chi connectivity index (χ3v) is 5.68. The van der Waals surface area contributed by atoms with Crippen molar-refractivity contribution in [2.75, 3.05) is 26.3 Å². The fraction of sp³-hybridized carbons (Fsp3) is 0.529. The van der Waals surface area contributed by atoms with Crippen LogP contribution in [0.15, 0.2) is 18.2 Å². The average molecular weight is 381 g/mol. The number of benzene rings is 1. The van der Waals surface area contributed by atoms with Crippen molar-refractivity contribution in [3.63, 3.8) is 0 Å². The molecule has 0 aliphatic carbocycles. The molecule has 3 aliphatic heterocycles. The third kappa shape index (κ3) is 3.39. The van der Waals surface area contributed by atoms with Crippen molar-refractivity contribution in [1.82, 2.24) is 20.9 Å². The van der Waals surface area contributed by atoms with E-state index in [-0.39, 0.29) is 24.0 Å². The Balaban J connectivity index is 1.61. The molecule has 0 radical (unpaired) electrons. The van der Waals surface area contributed by atoms with Gasteiger partial charge >= 0.3 is 0 Å². The van der Waals surface area contributed by atoms with E-state index in [0.29, 0.717) is 23.3 Å². The van der Waals surface area contributed by atoms with Crippen LogP contribution in [0, 0.1) is 0 Å². The minimum atomic E-state index is -0.196. The number of nitrogens with one attached hydrogen (secondary N) is 3. The van der Waals surface area contributed by atoms with Crippen LogP contribution in [-0.4, -0.2) is 54.3 Å². The fourth-order valence-electron chi connectivity index (χ4n) is 3.87. The Hall–Kier alpha value is -1.25. The first kappa shape index (κ1) is 17.2. The van der Waals surface area contributed by atoms with E-state index < -0.39 is 0 Å². The predicted octanol–water partition coefficient (Wildman–Crippen LogP) is 0.948. The molecule has 2 unspecified atom stereocenters. The highest BCUT2D eigenvalue weighted by Gasteiger charge is 2.42. The number of fused-ring (bicyclic) bond motifs is 1. The molecule has 0 saturated carbocycles. The number of thiocarbonyl (C=S) groups is 1. The van der Waals surface area contributed by atoms with Gasteiger partial charge in [0.2, 0.25) is 5.91 Å². The Kier molecular flexibility index (Phi) is 4.92. The van der Waals surface area contributed by atoms with Crippen LogP contribution in [0.3, 0.4) is 0 Å². The van der Waals surface area contributed by atoms with Gasteiger partial charge in [-0.15, -0.1) is 0 Å². The van der Waals surface area contributed by atoms with Crippen LogP contribution in [0.4, 0.5) is 0 Å². The van der Waals surface area contributed by atoms with Crippen LogP contribution >= 0.6 is 23.8 Å². The molecule has 3 heterocycles. The third-order valence-electron chi connectivity index (χ3n) is 5.11. The molecule has 4 rings (SSSR count). The number of amides is 1. The Morgan fingerprint density at radius 2 is 2.20 bits per heavy atom. The highest BCUT2D eigenvalue weighted by Crippen LogP contribution is 2.28. The summed E-state index contributed by atoms with van der Waals surface area (Å²) in [7, 11) is 0. The van der Waals surface area contributed by atoms with Crippen molar-refractivity contribution >= 4 is 34.8 Å². The minimum absolute atomic E-state index is 0.0255. The first-order valence-corrected chi connectivity index (χ1v) is 9.36. The summed E-state index contributed by atoms with van der Waals surface area (Å²) in [4.78, 5) is 14.2. The maximum absolute atomic E-state index is 12.1. The smallest absolute Gasteiger partial charge is 0.245 e. The van der Waals surface area contributed by atoms with Gasteiger partial charge < -0.3 is 25.6 Å². The molecule has 0 aromatic heterocycles. The topological polar surface area (TPSA) is 65.6 Å². The average Bonchev–Trinajstić information content (AvgIpc) is 3.10. The molecule has 134 valence electrons. The Morgan fingerprint density at radius 3 is 3.00 bits per heavy atom. The molecular weight excluding hydrogens is 360 g/mol. The number of carbonyl (C=O) groups is 1. The molecule has 8 heteroatoms. The summed E-state index contributed by atoms with van der Waals surface area (Å²) in [5.41, 5.74) is 2.28. The summed E-state index contributed by atoms with van der Waals surface area (Å²) < 4.78 is 5.61. The number of halogens is 1. The van der Waals surface area contributed by atoms with Crippen molar-refractivity contribution in [2.24, 2.45) is 0 Å². The largest absolute Gasteiger partial charge is 0.378 e. The van der Waals surface area contributed by atoms with Gasteiger partial charge in [0.1, 0.15) is 6.04 Å². The minimum Gasteiger partial charge on any atom is -0.378 e. The Labute approximate surface area is 157 Å². The number of carbonyl (C=O) groups excluding carboxylic acids is 1. The lowest BCUT2D eigenvalue weighted by Crippen LogP contribution is -2.63. The van der Waals surface area contributed by atoms with Crippen molar-refractivity contribution in [2.45, 2.75) is 31.1 Å². The molecule has 25 heavy (non-hydrogen) atoms. The normalized spacial score (nSPS) is 29.5. The van der Waals surface area contributed by atoms with Crippen molar-refractivity contribution in [3.8, 4) is 0 Å². The first-order valence-electron chi connectivity index (χ1n) is 8.58. The van der Waals surface area contributed by atoms with Crippen molar-refractivity contribution in [3.05, 3.63) is 34.3 Å². The summed E-state index contributed by atoms with van der Waals surface area (Å²) in [5.74, 6) is -0.0255. The number of hydrogen-bond acceptors (Lipinski definition) is 5. The fourth-order valence-corrected chi connectivity index (χ4v) is 4.35. The molecule has 3 atom stereocenters. The second kappa shape index (κ2) is 7.17. The second-order valence-corrected chi connectivity index (χ2v) is 7.46. The van der Waals surface area contributed by atoms with E-state index in [1.807, 2.05) is 18.2 Å². The molecule has 1 aromatic carbocycles. The lowest BCUT2D eigenvalue weighted by atomic mass is 9.97. The van der Waals surface area contributed by atoms with Gasteiger partial charge in [0, 0.05) is 18.1 Å². The zero-order valence-corrected chi connectivity index (χ0v) is 15.3.